The Balaban J connectivity index is 1.63. The number of hydrogen-bond acceptors (Lipinski definition) is 9. The number of carboxylic acids is 1. The second-order valence-corrected chi connectivity index (χ2v) is 9.97. The lowest BCUT2D eigenvalue weighted by Gasteiger charge is -2.33. The number of Topliss-reactive ketones (excluding diaryl/α,β-unsaturated/α-hetero) is 1. The number of ketones is 1. The number of benzene rings is 1. The molecule has 1 aromatic carbocycles. The second kappa shape index (κ2) is 11.4. The molecule has 1 fully saturated rings. The average Bonchev–Trinajstić information content (AvgIpc) is 3.24. The van der Waals surface area contributed by atoms with Gasteiger partial charge >= 0.3 is 5.97 Å². The minimum Gasteiger partial charge on any atom is -0.490 e. The number of nitrogens with one attached hydrogen (secondary N) is 2. The minimum atomic E-state index is -0.762. The minimum absolute atomic E-state index is 0.120. The molecule has 0 radical (unpaired) electrons. The van der Waals surface area contributed by atoms with Gasteiger partial charge in [0, 0.05) is 42.6 Å². The van der Waals surface area contributed by atoms with E-state index in [2.05, 4.69) is 20.4 Å². The number of methoxy groups -OCH3 is 1. The summed E-state index contributed by atoms with van der Waals surface area (Å²) >= 11 is 1.42. The van der Waals surface area contributed by atoms with Crippen LogP contribution < -0.4 is 15.0 Å². The van der Waals surface area contributed by atoms with Crippen molar-refractivity contribution in [1.82, 2.24) is 20.2 Å². The molecular formula is C25H30N6O4S. The Bertz CT molecular complexity index is 1220. The summed E-state index contributed by atoms with van der Waals surface area (Å²) < 4.78 is 5.76. The standard InChI is InChI=1S/C25H30N6O4S/c1-15-12-20(30-29-15)26-23-22(35-3)24(31-10-8-18(9-11-31)14-21(33)34)28-25(27-23)36-19-6-4-17(5-7-19)13-16(2)32/h4-7,12,18H,8-11,13-14H2,1-3H3,(H,33,34)(H2,26,27,28,29,30). The van der Waals surface area contributed by atoms with Gasteiger partial charge in [0.05, 0.1) is 7.11 Å². The van der Waals surface area contributed by atoms with Crippen LogP contribution in [0.2, 0.25) is 0 Å². The molecule has 11 heteroatoms. The molecule has 3 aromatic rings. The molecule has 1 aliphatic rings. The molecule has 3 N–H and O–H groups in total. The zero-order valence-electron chi connectivity index (χ0n) is 20.6. The molecule has 0 atom stereocenters. The zero-order chi connectivity index (χ0) is 25.7. The van der Waals surface area contributed by atoms with E-state index in [1.165, 1.54) is 11.8 Å². The van der Waals surface area contributed by atoms with Crippen LogP contribution in [0.25, 0.3) is 0 Å². The first-order chi connectivity index (χ1) is 17.3. The van der Waals surface area contributed by atoms with Crippen LogP contribution in [0.1, 0.15) is 37.4 Å². The van der Waals surface area contributed by atoms with Crippen LogP contribution in [0.4, 0.5) is 17.5 Å². The monoisotopic (exact) mass is 510 g/mol. The lowest BCUT2D eigenvalue weighted by Crippen LogP contribution is -2.35. The quantitative estimate of drug-likeness (QED) is 0.340. The van der Waals surface area contributed by atoms with E-state index in [1.807, 2.05) is 37.3 Å². The Morgan fingerprint density at radius 1 is 1.22 bits per heavy atom. The number of hydrogen-bond donors (Lipinski definition) is 3. The number of nitrogens with zero attached hydrogens (tertiary/aromatic N) is 4. The third-order valence-corrected chi connectivity index (χ3v) is 6.82. The van der Waals surface area contributed by atoms with Crippen LogP contribution in [0.15, 0.2) is 40.4 Å². The molecule has 190 valence electrons. The molecule has 10 nitrogen and oxygen atoms in total. The highest BCUT2D eigenvalue weighted by Crippen LogP contribution is 2.39. The molecule has 1 saturated heterocycles. The lowest BCUT2D eigenvalue weighted by atomic mass is 9.93. The van der Waals surface area contributed by atoms with Crippen LogP contribution in [0, 0.1) is 12.8 Å². The van der Waals surface area contributed by atoms with E-state index >= 15 is 0 Å². The van der Waals surface area contributed by atoms with E-state index in [4.69, 9.17) is 19.8 Å². The van der Waals surface area contributed by atoms with Crippen LogP contribution in [0.5, 0.6) is 5.75 Å². The SMILES string of the molecule is COc1c(Nc2cc(C)[nH]n2)nc(Sc2ccc(CC(C)=O)cc2)nc1N1CCC(CC(=O)O)CC1. The third kappa shape index (κ3) is 6.54. The molecular weight excluding hydrogens is 480 g/mol. The fourth-order valence-corrected chi connectivity index (χ4v) is 4.97. The van der Waals surface area contributed by atoms with Crippen LogP contribution >= 0.6 is 11.8 Å². The van der Waals surface area contributed by atoms with Crippen molar-refractivity contribution < 1.29 is 19.4 Å². The van der Waals surface area contributed by atoms with Crippen molar-refractivity contribution in [1.29, 1.82) is 0 Å². The molecule has 2 aromatic heterocycles. The molecule has 3 heterocycles. The first-order valence-corrected chi connectivity index (χ1v) is 12.6. The zero-order valence-corrected chi connectivity index (χ0v) is 21.4. The number of aliphatic carboxylic acids is 1. The van der Waals surface area contributed by atoms with E-state index in [0.717, 1.165) is 29.0 Å². The number of H-pyrrole nitrogens is 1. The maximum atomic E-state index is 11.4. The molecule has 0 amide bonds. The van der Waals surface area contributed by atoms with E-state index in [9.17, 15) is 9.59 Å². The number of ether oxygens (including phenoxy) is 1. The summed E-state index contributed by atoms with van der Waals surface area (Å²) in [5.74, 6) is 1.79. The van der Waals surface area contributed by atoms with Gasteiger partial charge in [0.25, 0.3) is 0 Å². The summed E-state index contributed by atoms with van der Waals surface area (Å²) in [6.07, 6.45) is 2.12. The second-order valence-electron chi connectivity index (χ2n) is 8.93. The Morgan fingerprint density at radius 2 is 1.94 bits per heavy atom. The molecule has 0 aliphatic carbocycles. The number of carboxylic acid groups (broad SMARTS) is 1. The number of piperidine rings is 1. The van der Waals surface area contributed by atoms with Crippen molar-refractivity contribution >= 4 is 41.0 Å². The van der Waals surface area contributed by atoms with Crippen molar-refractivity contribution in [3.05, 3.63) is 41.6 Å². The normalized spacial score (nSPS) is 14.0. The Labute approximate surface area is 213 Å². The average molecular weight is 511 g/mol. The van der Waals surface area contributed by atoms with Crippen LogP contribution in [-0.4, -0.2) is 57.2 Å². The van der Waals surface area contributed by atoms with Gasteiger partial charge in [0.1, 0.15) is 5.78 Å². The Kier molecular flexibility index (Phi) is 8.09. The van der Waals surface area contributed by atoms with Gasteiger partial charge in [-0.3, -0.25) is 14.7 Å². The van der Waals surface area contributed by atoms with Crippen molar-refractivity contribution in [2.45, 2.75) is 49.6 Å². The number of aromatic nitrogens is 4. The molecule has 4 rings (SSSR count). The predicted octanol–water partition coefficient (Wildman–Crippen LogP) is 4.23. The van der Waals surface area contributed by atoms with Crippen LogP contribution in [0.3, 0.4) is 0 Å². The van der Waals surface area contributed by atoms with E-state index < -0.39 is 5.97 Å². The highest BCUT2D eigenvalue weighted by molar-refractivity contribution is 7.99. The van der Waals surface area contributed by atoms with Crippen LogP contribution in [-0.2, 0) is 16.0 Å². The molecule has 36 heavy (non-hydrogen) atoms. The van der Waals surface area contributed by atoms with E-state index in [0.29, 0.717) is 47.9 Å². The summed E-state index contributed by atoms with van der Waals surface area (Å²) in [6, 6.07) is 9.66. The summed E-state index contributed by atoms with van der Waals surface area (Å²) in [5.41, 5.74) is 1.87. The van der Waals surface area contributed by atoms with Crippen molar-refractivity contribution in [2.24, 2.45) is 5.92 Å². The number of rotatable bonds is 10. The molecule has 0 bridgehead atoms. The van der Waals surface area contributed by atoms with Crippen molar-refractivity contribution in [3.8, 4) is 5.75 Å². The lowest BCUT2D eigenvalue weighted by molar-refractivity contribution is -0.138. The maximum Gasteiger partial charge on any atom is 0.303 e. The highest BCUT2D eigenvalue weighted by atomic mass is 32.2. The number of carbonyl (C=O) groups is 2. The van der Waals surface area contributed by atoms with E-state index in [-0.39, 0.29) is 18.1 Å². The van der Waals surface area contributed by atoms with Gasteiger partial charge in [-0.05, 0) is 62.1 Å². The van der Waals surface area contributed by atoms with Gasteiger partial charge in [0.2, 0.25) is 5.75 Å². The number of carbonyl (C=O) groups excluding carboxylic acids is 1. The van der Waals surface area contributed by atoms with Gasteiger partial charge in [-0.25, -0.2) is 9.97 Å². The Hall–Kier alpha value is -3.60. The van der Waals surface area contributed by atoms with Crippen molar-refractivity contribution in [3.63, 3.8) is 0 Å². The molecule has 0 spiro atoms. The summed E-state index contributed by atoms with van der Waals surface area (Å²) in [4.78, 5) is 35.2. The molecule has 1 aliphatic heterocycles. The summed E-state index contributed by atoms with van der Waals surface area (Å²) in [6.45, 7) is 4.85. The molecule has 0 unspecified atom stereocenters. The van der Waals surface area contributed by atoms with Gasteiger partial charge in [-0.2, -0.15) is 5.10 Å². The largest absolute Gasteiger partial charge is 0.490 e. The van der Waals surface area contributed by atoms with Crippen molar-refractivity contribution in [2.75, 3.05) is 30.4 Å². The van der Waals surface area contributed by atoms with E-state index in [1.54, 1.807) is 14.0 Å². The maximum absolute atomic E-state index is 11.4. The fraction of sp³-hybridized carbons (Fsp3) is 0.400. The highest BCUT2D eigenvalue weighted by Gasteiger charge is 2.27. The third-order valence-electron chi connectivity index (χ3n) is 5.95. The van der Waals surface area contributed by atoms with Gasteiger partial charge in [-0.1, -0.05) is 12.1 Å². The fourth-order valence-electron chi connectivity index (χ4n) is 4.22. The van der Waals surface area contributed by atoms with Gasteiger partial charge in [-0.15, -0.1) is 0 Å². The van der Waals surface area contributed by atoms with Gasteiger partial charge in [0.15, 0.2) is 22.6 Å². The summed E-state index contributed by atoms with van der Waals surface area (Å²) in [7, 11) is 1.58. The van der Waals surface area contributed by atoms with Gasteiger partial charge < -0.3 is 20.1 Å². The number of anilines is 3. The first kappa shape index (κ1) is 25.5. The first-order valence-electron chi connectivity index (χ1n) is 11.8. The smallest absolute Gasteiger partial charge is 0.303 e. The Morgan fingerprint density at radius 3 is 2.53 bits per heavy atom. The summed E-state index contributed by atoms with van der Waals surface area (Å²) in [5, 5.41) is 20.1. The molecule has 0 saturated carbocycles. The number of aryl methyl sites for hydroxylation is 1. The predicted molar refractivity (Wildman–Crippen MR) is 137 cm³/mol. The topological polar surface area (TPSA) is 133 Å². The number of aromatic amines is 1.